The average molecular weight is 290 g/mol. The average Bonchev–Trinajstić information content (AvgIpc) is 3.14. The third kappa shape index (κ3) is 3.51. The van der Waals surface area contributed by atoms with Crippen LogP contribution >= 0.6 is 11.3 Å². The van der Waals surface area contributed by atoms with E-state index in [0.29, 0.717) is 5.92 Å². The molecule has 0 N–H and O–H groups in total. The molecule has 2 aromatic heterocycles. The van der Waals surface area contributed by atoms with Crippen LogP contribution in [0.3, 0.4) is 0 Å². The second-order valence-corrected chi connectivity index (χ2v) is 6.67. The van der Waals surface area contributed by atoms with Crippen LogP contribution in [0.15, 0.2) is 35.8 Å². The largest absolute Gasteiger partial charge is 0.381 e. The summed E-state index contributed by atoms with van der Waals surface area (Å²) in [5.74, 6) is 0.709. The third-order valence-corrected chi connectivity index (χ3v) is 4.72. The van der Waals surface area contributed by atoms with E-state index in [1.54, 1.807) is 0 Å². The van der Waals surface area contributed by atoms with Gasteiger partial charge in [0.25, 0.3) is 0 Å². The van der Waals surface area contributed by atoms with E-state index < -0.39 is 0 Å². The van der Waals surface area contributed by atoms with Gasteiger partial charge in [-0.1, -0.05) is 6.07 Å². The summed E-state index contributed by atoms with van der Waals surface area (Å²) in [6.07, 6.45) is 3.39. The predicted molar refractivity (Wildman–Crippen MR) is 83.1 cm³/mol. The molecule has 1 aliphatic rings. The molecule has 1 aliphatic heterocycles. The molecule has 3 nitrogen and oxygen atoms in total. The molecule has 3 rings (SSSR count). The Balaban J connectivity index is 1.58. The molecular formula is C16H22N2OS. The molecule has 0 spiro atoms. The molecule has 0 aliphatic carbocycles. The van der Waals surface area contributed by atoms with E-state index in [2.05, 4.69) is 52.4 Å². The zero-order valence-electron chi connectivity index (χ0n) is 12.0. The van der Waals surface area contributed by atoms with E-state index in [1.807, 2.05) is 11.3 Å². The molecule has 1 fully saturated rings. The number of aromatic nitrogens is 1. The SMILES string of the molecule is CN(Cc1cccn1Cc1cccs1)C[C@@H]1CCOC1. The van der Waals surface area contributed by atoms with Crippen molar-refractivity contribution in [1.29, 1.82) is 0 Å². The number of nitrogens with zero attached hydrogens (tertiary/aromatic N) is 2. The normalized spacial score (nSPS) is 19.0. The number of hydrogen-bond donors (Lipinski definition) is 0. The zero-order chi connectivity index (χ0) is 13.8. The first-order valence-electron chi connectivity index (χ1n) is 7.24. The Hall–Kier alpha value is -1.10. The van der Waals surface area contributed by atoms with Crippen molar-refractivity contribution in [3.8, 4) is 0 Å². The fourth-order valence-electron chi connectivity index (χ4n) is 2.83. The van der Waals surface area contributed by atoms with Crippen molar-refractivity contribution in [2.24, 2.45) is 5.92 Å². The summed E-state index contributed by atoms with van der Waals surface area (Å²) < 4.78 is 7.81. The molecule has 4 heteroatoms. The third-order valence-electron chi connectivity index (χ3n) is 3.86. The van der Waals surface area contributed by atoms with E-state index in [4.69, 9.17) is 4.74 Å². The second-order valence-electron chi connectivity index (χ2n) is 5.63. The molecule has 2 aromatic rings. The summed E-state index contributed by atoms with van der Waals surface area (Å²) in [4.78, 5) is 3.83. The van der Waals surface area contributed by atoms with Gasteiger partial charge in [0.2, 0.25) is 0 Å². The molecule has 0 saturated carbocycles. The summed E-state index contributed by atoms with van der Waals surface area (Å²) in [6.45, 7) is 4.99. The lowest BCUT2D eigenvalue weighted by molar-refractivity contribution is 0.172. The van der Waals surface area contributed by atoms with Crippen molar-refractivity contribution in [1.82, 2.24) is 9.47 Å². The fraction of sp³-hybridized carbons (Fsp3) is 0.500. The maximum absolute atomic E-state index is 5.46. The Kier molecular flexibility index (Phi) is 4.55. The van der Waals surface area contributed by atoms with Gasteiger partial charge in [0.15, 0.2) is 0 Å². The summed E-state index contributed by atoms with van der Waals surface area (Å²) in [5.41, 5.74) is 1.39. The lowest BCUT2D eigenvalue weighted by Crippen LogP contribution is -2.26. The lowest BCUT2D eigenvalue weighted by atomic mass is 10.1. The summed E-state index contributed by atoms with van der Waals surface area (Å²) >= 11 is 1.82. The molecule has 0 aromatic carbocycles. The van der Waals surface area contributed by atoms with Crippen LogP contribution in [0, 0.1) is 5.92 Å². The van der Waals surface area contributed by atoms with Gasteiger partial charge >= 0.3 is 0 Å². The van der Waals surface area contributed by atoms with E-state index in [1.165, 1.54) is 17.0 Å². The fourth-order valence-corrected chi connectivity index (χ4v) is 3.53. The van der Waals surface area contributed by atoms with Crippen molar-refractivity contribution >= 4 is 11.3 Å². The Bertz CT molecular complexity index is 514. The number of thiophene rings is 1. The Morgan fingerprint density at radius 2 is 2.35 bits per heavy atom. The molecule has 1 saturated heterocycles. The topological polar surface area (TPSA) is 17.4 Å². The molecule has 3 heterocycles. The maximum Gasteiger partial charge on any atom is 0.0566 e. The Morgan fingerprint density at radius 1 is 1.40 bits per heavy atom. The number of ether oxygens (including phenoxy) is 1. The van der Waals surface area contributed by atoms with Crippen LogP contribution in [0.4, 0.5) is 0 Å². The van der Waals surface area contributed by atoms with Gasteiger partial charge < -0.3 is 14.2 Å². The van der Waals surface area contributed by atoms with Crippen LogP contribution < -0.4 is 0 Å². The number of hydrogen-bond acceptors (Lipinski definition) is 3. The predicted octanol–water partition coefficient (Wildman–Crippen LogP) is 3.07. The highest BCUT2D eigenvalue weighted by atomic mass is 32.1. The van der Waals surface area contributed by atoms with Crippen LogP contribution in [0.25, 0.3) is 0 Å². The molecule has 0 amide bonds. The molecule has 0 radical (unpaired) electrons. The van der Waals surface area contributed by atoms with Gasteiger partial charge in [-0.2, -0.15) is 0 Å². The molecule has 20 heavy (non-hydrogen) atoms. The smallest absolute Gasteiger partial charge is 0.0566 e. The van der Waals surface area contributed by atoms with E-state index in [0.717, 1.165) is 32.8 Å². The minimum Gasteiger partial charge on any atom is -0.381 e. The van der Waals surface area contributed by atoms with Crippen LogP contribution in [0.5, 0.6) is 0 Å². The van der Waals surface area contributed by atoms with Gasteiger partial charge in [-0.3, -0.25) is 0 Å². The van der Waals surface area contributed by atoms with Gasteiger partial charge in [-0.15, -0.1) is 11.3 Å². The van der Waals surface area contributed by atoms with Crippen molar-refractivity contribution in [3.63, 3.8) is 0 Å². The van der Waals surface area contributed by atoms with Crippen molar-refractivity contribution in [2.75, 3.05) is 26.8 Å². The summed E-state index contributed by atoms with van der Waals surface area (Å²) in [6, 6.07) is 8.70. The molecule has 108 valence electrons. The minimum atomic E-state index is 0.709. The maximum atomic E-state index is 5.46. The molecular weight excluding hydrogens is 268 g/mol. The molecule has 0 bridgehead atoms. The zero-order valence-corrected chi connectivity index (χ0v) is 12.8. The standard InChI is InChI=1S/C16H22N2OS/c1-17(10-14-6-8-19-13-14)11-15-4-2-7-18(15)12-16-5-3-9-20-16/h2-5,7,9,14H,6,8,10-13H2,1H3/t14-/m0/s1. The lowest BCUT2D eigenvalue weighted by Gasteiger charge is -2.21. The van der Waals surface area contributed by atoms with Crippen molar-refractivity contribution in [3.05, 3.63) is 46.4 Å². The van der Waals surface area contributed by atoms with Crippen LogP contribution in [0.2, 0.25) is 0 Å². The van der Waals surface area contributed by atoms with E-state index >= 15 is 0 Å². The van der Waals surface area contributed by atoms with Crippen LogP contribution in [0.1, 0.15) is 17.0 Å². The van der Waals surface area contributed by atoms with Gasteiger partial charge in [-0.25, -0.2) is 0 Å². The monoisotopic (exact) mass is 290 g/mol. The first kappa shape index (κ1) is 13.9. The second kappa shape index (κ2) is 6.57. The highest BCUT2D eigenvalue weighted by Crippen LogP contribution is 2.16. The van der Waals surface area contributed by atoms with E-state index in [9.17, 15) is 0 Å². The highest BCUT2D eigenvalue weighted by Gasteiger charge is 2.18. The first-order chi connectivity index (χ1) is 9.81. The van der Waals surface area contributed by atoms with Crippen molar-refractivity contribution in [2.45, 2.75) is 19.5 Å². The summed E-state index contributed by atoms with van der Waals surface area (Å²) in [7, 11) is 2.21. The van der Waals surface area contributed by atoms with Crippen molar-refractivity contribution < 1.29 is 4.74 Å². The van der Waals surface area contributed by atoms with Gasteiger partial charge in [0, 0.05) is 36.5 Å². The minimum absolute atomic E-state index is 0.709. The summed E-state index contributed by atoms with van der Waals surface area (Å²) in [5, 5.41) is 2.14. The van der Waals surface area contributed by atoms with Gasteiger partial charge in [0.05, 0.1) is 13.2 Å². The van der Waals surface area contributed by atoms with Gasteiger partial charge in [-0.05, 0) is 43.0 Å². The first-order valence-corrected chi connectivity index (χ1v) is 8.12. The Morgan fingerprint density at radius 3 is 3.10 bits per heavy atom. The molecule has 0 unspecified atom stereocenters. The van der Waals surface area contributed by atoms with Crippen LogP contribution in [-0.2, 0) is 17.8 Å². The van der Waals surface area contributed by atoms with Crippen LogP contribution in [-0.4, -0.2) is 36.3 Å². The molecule has 1 atom stereocenters. The highest BCUT2D eigenvalue weighted by molar-refractivity contribution is 7.09. The number of rotatable bonds is 6. The van der Waals surface area contributed by atoms with E-state index in [-0.39, 0.29) is 0 Å². The quantitative estimate of drug-likeness (QED) is 0.813. The van der Waals surface area contributed by atoms with Gasteiger partial charge in [0.1, 0.15) is 0 Å². The Labute approximate surface area is 124 Å².